The molecule has 126 valence electrons. The number of carboxylic acid groups (broad SMARTS) is 1. The van der Waals surface area contributed by atoms with Crippen LogP contribution in [-0.4, -0.2) is 47.4 Å². The molecular formula is C16H21BrN2O4. The number of carbonyl (C=O) groups excluding carboxylic acids is 2. The summed E-state index contributed by atoms with van der Waals surface area (Å²) in [5.74, 6) is -1.69. The summed E-state index contributed by atoms with van der Waals surface area (Å²) in [6.07, 6.45) is 1.52. The number of carbonyl (C=O) groups is 3. The van der Waals surface area contributed by atoms with E-state index in [1.54, 1.807) is 6.07 Å². The topological polar surface area (TPSA) is 86.7 Å². The third-order valence-electron chi connectivity index (χ3n) is 3.08. The number of rotatable bonds is 8. The van der Waals surface area contributed by atoms with Crippen LogP contribution in [0.25, 0.3) is 0 Å². The number of nitrogens with one attached hydrogen (secondary N) is 1. The normalized spacial score (nSPS) is 10.2. The molecule has 2 N–H and O–H groups in total. The van der Waals surface area contributed by atoms with Crippen molar-refractivity contribution < 1.29 is 19.5 Å². The quantitative estimate of drug-likeness (QED) is 0.720. The highest BCUT2D eigenvalue weighted by molar-refractivity contribution is 9.10. The van der Waals surface area contributed by atoms with E-state index >= 15 is 0 Å². The summed E-state index contributed by atoms with van der Waals surface area (Å²) < 4.78 is 0.507. The predicted octanol–water partition coefficient (Wildman–Crippen LogP) is 2.53. The maximum Gasteiger partial charge on any atom is 0.335 e. The Morgan fingerprint density at radius 3 is 2.35 bits per heavy atom. The molecule has 0 spiro atoms. The minimum Gasteiger partial charge on any atom is -0.478 e. The zero-order valence-electron chi connectivity index (χ0n) is 13.3. The fraction of sp³-hybridized carbons (Fsp3) is 0.438. The third-order valence-corrected chi connectivity index (χ3v) is 3.54. The maximum atomic E-state index is 12.6. The van der Waals surface area contributed by atoms with Gasteiger partial charge in [-0.25, -0.2) is 4.79 Å². The Labute approximate surface area is 144 Å². The van der Waals surface area contributed by atoms with Gasteiger partial charge in [-0.1, -0.05) is 29.8 Å². The van der Waals surface area contributed by atoms with Crippen LogP contribution in [-0.2, 0) is 4.79 Å². The summed E-state index contributed by atoms with van der Waals surface area (Å²) >= 11 is 3.21. The number of carboxylic acids is 1. The van der Waals surface area contributed by atoms with E-state index in [2.05, 4.69) is 21.2 Å². The first kappa shape index (κ1) is 19.2. The van der Waals surface area contributed by atoms with Gasteiger partial charge in [-0.05, 0) is 31.0 Å². The summed E-state index contributed by atoms with van der Waals surface area (Å²) in [6.45, 7) is 4.81. The lowest BCUT2D eigenvalue weighted by Gasteiger charge is -2.22. The Morgan fingerprint density at radius 2 is 1.78 bits per heavy atom. The summed E-state index contributed by atoms with van der Waals surface area (Å²) in [5.41, 5.74) is 0.267. The van der Waals surface area contributed by atoms with Crippen LogP contribution in [0.15, 0.2) is 22.7 Å². The van der Waals surface area contributed by atoms with Crippen LogP contribution in [0.1, 0.15) is 47.4 Å². The molecule has 23 heavy (non-hydrogen) atoms. The lowest BCUT2D eigenvalue weighted by Crippen LogP contribution is -2.41. The molecule has 0 atom stereocenters. The Balaban J connectivity index is 2.97. The molecule has 1 aromatic carbocycles. The largest absolute Gasteiger partial charge is 0.478 e. The highest BCUT2D eigenvalue weighted by Gasteiger charge is 2.20. The SMILES string of the molecule is CCCNC(=O)CN(CCC)C(=O)c1cc(Br)cc(C(=O)O)c1. The van der Waals surface area contributed by atoms with Crippen LogP contribution < -0.4 is 5.32 Å². The van der Waals surface area contributed by atoms with Crippen molar-refractivity contribution in [1.82, 2.24) is 10.2 Å². The van der Waals surface area contributed by atoms with E-state index < -0.39 is 5.97 Å². The number of amides is 2. The fourth-order valence-corrected chi connectivity index (χ4v) is 2.53. The number of benzene rings is 1. The van der Waals surface area contributed by atoms with Gasteiger partial charge in [-0.15, -0.1) is 0 Å². The zero-order valence-corrected chi connectivity index (χ0v) is 14.9. The minimum atomic E-state index is -1.11. The van der Waals surface area contributed by atoms with E-state index in [1.165, 1.54) is 17.0 Å². The van der Waals surface area contributed by atoms with Crippen LogP contribution in [0, 0.1) is 0 Å². The number of hydrogen-bond acceptors (Lipinski definition) is 3. The molecule has 0 aromatic heterocycles. The summed E-state index contributed by atoms with van der Waals surface area (Å²) in [5, 5.41) is 11.8. The molecule has 6 nitrogen and oxygen atoms in total. The van der Waals surface area contributed by atoms with Gasteiger partial charge in [0.25, 0.3) is 5.91 Å². The van der Waals surface area contributed by atoms with Crippen LogP contribution >= 0.6 is 15.9 Å². The molecule has 0 aliphatic heterocycles. The van der Waals surface area contributed by atoms with Crippen LogP contribution in [0.5, 0.6) is 0 Å². The average Bonchev–Trinajstić information content (AvgIpc) is 2.51. The van der Waals surface area contributed by atoms with E-state index in [-0.39, 0.29) is 29.5 Å². The molecule has 0 unspecified atom stereocenters. The second-order valence-corrected chi connectivity index (χ2v) is 6.03. The average molecular weight is 385 g/mol. The minimum absolute atomic E-state index is 0.0228. The smallest absolute Gasteiger partial charge is 0.335 e. The van der Waals surface area contributed by atoms with Gasteiger partial charge in [0.15, 0.2) is 0 Å². The summed E-state index contributed by atoms with van der Waals surface area (Å²) in [4.78, 5) is 37.0. The Hall–Kier alpha value is -1.89. The van der Waals surface area contributed by atoms with Gasteiger partial charge in [0.2, 0.25) is 5.91 Å². The molecule has 0 aliphatic rings. The van der Waals surface area contributed by atoms with Gasteiger partial charge in [0.05, 0.1) is 12.1 Å². The van der Waals surface area contributed by atoms with Gasteiger partial charge in [0.1, 0.15) is 0 Å². The second-order valence-electron chi connectivity index (χ2n) is 5.11. The van der Waals surface area contributed by atoms with E-state index in [4.69, 9.17) is 5.11 Å². The first-order valence-corrected chi connectivity index (χ1v) is 8.28. The summed E-state index contributed by atoms with van der Waals surface area (Å²) in [7, 11) is 0. The highest BCUT2D eigenvalue weighted by atomic mass is 79.9. The molecule has 0 saturated carbocycles. The third kappa shape index (κ3) is 6.02. The molecule has 0 aliphatic carbocycles. The number of halogens is 1. The number of aromatic carboxylic acids is 1. The molecule has 0 radical (unpaired) electrons. The molecule has 0 bridgehead atoms. The second kappa shape index (κ2) is 9.29. The fourth-order valence-electron chi connectivity index (χ4n) is 2.04. The monoisotopic (exact) mass is 384 g/mol. The molecule has 0 heterocycles. The van der Waals surface area contributed by atoms with E-state index in [0.29, 0.717) is 24.0 Å². The Morgan fingerprint density at radius 1 is 1.13 bits per heavy atom. The van der Waals surface area contributed by atoms with Crippen molar-refractivity contribution in [3.05, 3.63) is 33.8 Å². The Kier molecular flexibility index (Phi) is 7.74. The van der Waals surface area contributed by atoms with Crippen molar-refractivity contribution in [2.45, 2.75) is 26.7 Å². The molecule has 1 aromatic rings. The van der Waals surface area contributed by atoms with Gasteiger partial charge < -0.3 is 15.3 Å². The van der Waals surface area contributed by atoms with Crippen LogP contribution in [0.2, 0.25) is 0 Å². The van der Waals surface area contributed by atoms with Gasteiger partial charge in [-0.2, -0.15) is 0 Å². The lowest BCUT2D eigenvalue weighted by atomic mass is 10.1. The van der Waals surface area contributed by atoms with Gasteiger partial charge >= 0.3 is 5.97 Å². The van der Waals surface area contributed by atoms with Crippen molar-refractivity contribution in [3.63, 3.8) is 0 Å². The Bertz CT molecular complexity index is 589. The van der Waals surface area contributed by atoms with E-state index in [1.807, 2.05) is 13.8 Å². The van der Waals surface area contributed by atoms with Crippen molar-refractivity contribution in [1.29, 1.82) is 0 Å². The van der Waals surface area contributed by atoms with Crippen molar-refractivity contribution in [2.75, 3.05) is 19.6 Å². The zero-order chi connectivity index (χ0) is 17.4. The predicted molar refractivity (Wildman–Crippen MR) is 90.6 cm³/mol. The summed E-state index contributed by atoms with van der Waals surface area (Å²) in [6, 6.07) is 4.31. The highest BCUT2D eigenvalue weighted by Crippen LogP contribution is 2.18. The van der Waals surface area contributed by atoms with Crippen molar-refractivity contribution in [3.8, 4) is 0 Å². The lowest BCUT2D eigenvalue weighted by molar-refractivity contribution is -0.121. The van der Waals surface area contributed by atoms with Crippen molar-refractivity contribution in [2.24, 2.45) is 0 Å². The first-order valence-electron chi connectivity index (χ1n) is 7.48. The molecule has 0 fully saturated rings. The number of nitrogens with zero attached hydrogens (tertiary/aromatic N) is 1. The molecular weight excluding hydrogens is 364 g/mol. The maximum absolute atomic E-state index is 12.6. The molecule has 0 saturated heterocycles. The van der Waals surface area contributed by atoms with Crippen LogP contribution in [0.3, 0.4) is 0 Å². The van der Waals surface area contributed by atoms with E-state index in [9.17, 15) is 14.4 Å². The van der Waals surface area contributed by atoms with Gasteiger partial charge in [-0.3, -0.25) is 9.59 Å². The first-order chi connectivity index (χ1) is 10.9. The van der Waals surface area contributed by atoms with Crippen LogP contribution in [0.4, 0.5) is 0 Å². The van der Waals surface area contributed by atoms with Crippen molar-refractivity contribution >= 4 is 33.7 Å². The molecule has 7 heteroatoms. The molecule has 2 amide bonds. The standard InChI is InChI=1S/C16H21BrN2O4/c1-3-5-18-14(20)10-19(6-4-2)15(21)11-7-12(16(22)23)9-13(17)8-11/h7-9H,3-6,10H2,1-2H3,(H,18,20)(H,22,23). The van der Waals surface area contributed by atoms with E-state index in [0.717, 1.165) is 6.42 Å². The van der Waals surface area contributed by atoms with Gasteiger partial charge in [0, 0.05) is 23.1 Å². The number of hydrogen-bond donors (Lipinski definition) is 2. The molecule has 1 rings (SSSR count).